The Kier molecular flexibility index (Phi) is 3.92. The van der Waals surface area contributed by atoms with Gasteiger partial charge in [0, 0.05) is 12.6 Å². The van der Waals surface area contributed by atoms with Gasteiger partial charge in [0.2, 0.25) is 0 Å². The van der Waals surface area contributed by atoms with Crippen LogP contribution in [-0.4, -0.2) is 29.2 Å². The van der Waals surface area contributed by atoms with Gasteiger partial charge in [-0.25, -0.2) is 0 Å². The topological polar surface area (TPSA) is 49.5 Å². The number of nitrogens with zero attached hydrogens (tertiary/aromatic N) is 1. The first kappa shape index (κ1) is 12.7. The number of aliphatic hydroxyl groups excluding tert-OH is 1. The predicted molar refractivity (Wildman–Crippen MR) is 70.9 cm³/mol. The zero-order valence-electron chi connectivity index (χ0n) is 10.1. The minimum atomic E-state index is 0.226. The summed E-state index contributed by atoms with van der Waals surface area (Å²) >= 11 is 5.90. The van der Waals surface area contributed by atoms with Gasteiger partial charge >= 0.3 is 0 Å². The van der Waals surface area contributed by atoms with E-state index in [0.29, 0.717) is 16.6 Å². The van der Waals surface area contributed by atoms with E-state index in [2.05, 4.69) is 11.8 Å². The number of likely N-dealkylation sites (tertiary alicyclic amines) is 1. The van der Waals surface area contributed by atoms with Gasteiger partial charge in [-0.15, -0.1) is 0 Å². The van der Waals surface area contributed by atoms with Crippen LogP contribution in [-0.2, 0) is 6.54 Å². The molecule has 1 fully saturated rings. The zero-order chi connectivity index (χ0) is 12.4. The van der Waals surface area contributed by atoms with Gasteiger partial charge in [-0.05, 0) is 36.6 Å². The fourth-order valence-electron chi connectivity index (χ4n) is 2.51. The molecule has 1 aliphatic heterocycles. The number of hydrogen-bond acceptors (Lipinski definition) is 3. The molecule has 1 aromatic carbocycles. The number of aliphatic hydroxyl groups is 1. The number of nitrogens with two attached hydrogens (primary N) is 1. The summed E-state index contributed by atoms with van der Waals surface area (Å²) in [4.78, 5) is 2.31. The number of anilines is 1. The van der Waals surface area contributed by atoms with E-state index in [0.717, 1.165) is 25.1 Å². The van der Waals surface area contributed by atoms with Crippen LogP contribution in [0.2, 0.25) is 5.02 Å². The molecule has 2 atom stereocenters. The van der Waals surface area contributed by atoms with Gasteiger partial charge in [0.05, 0.1) is 17.3 Å². The van der Waals surface area contributed by atoms with Crippen molar-refractivity contribution < 1.29 is 5.11 Å². The van der Waals surface area contributed by atoms with Gasteiger partial charge in [0.25, 0.3) is 0 Å². The lowest BCUT2D eigenvalue weighted by atomic mass is 10.0. The number of rotatable bonds is 3. The largest absolute Gasteiger partial charge is 0.398 e. The maximum Gasteiger partial charge on any atom is 0.0635 e. The van der Waals surface area contributed by atoms with Crippen LogP contribution in [0.5, 0.6) is 0 Å². The van der Waals surface area contributed by atoms with E-state index in [9.17, 15) is 5.11 Å². The third-order valence-corrected chi connectivity index (χ3v) is 3.97. The molecule has 0 amide bonds. The molecule has 1 saturated heterocycles. The highest BCUT2D eigenvalue weighted by Gasteiger charge is 2.30. The first-order valence-electron chi connectivity index (χ1n) is 6.00. The third kappa shape index (κ3) is 2.73. The van der Waals surface area contributed by atoms with Crippen molar-refractivity contribution in [3.8, 4) is 0 Å². The van der Waals surface area contributed by atoms with Crippen molar-refractivity contribution in [3.63, 3.8) is 0 Å². The van der Waals surface area contributed by atoms with Crippen molar-refractivity contribution >= 4 is 17.3 Å². The Hall–Kier alpha value is -0.770. The Morgan fingerprint density at radius 3 is 2.94 bits per heavy atom. The van der Waals surface area contributed by atoms with Gasteiger partial charge in [-0.3, -0.25) is 4.90 Å². The van der Waals surface area contributed by atoms with Crippen molar-refractivity contribution in [2.75, 3.05) is 18.9 Å². The van der Waals surface area contributed by atoms with Crippen LogP contribution in [0, 0.1) is 5.92 Å². The molecule has 2 rings (SSSR count). The van der Waals surface area contributed by atoms with E-state index >= 15 is 0 Å². The smallest absolute Gasteiger partial charge is 0.0635 e. The van der Waals surface area contributed by atoms with Crippen LogP contribution in [0.3, 0.4) is 0 Å². The lowest BCUT2D eigenvalue weighted by Crippen LogP contribution is -2.34. The van der Waals surface area contributed by atoms with E-state index < -0.39 is 0 Å². The molecule has 1 aliphatic rings. The summed E-state index contributed by atoms with van der Waals surface area (Å²) in [6, 6.07) is 6.02. The molecule has 3 N–H and O–H groups in total. The molecule has 0 aromatic heterocycles. The molecule has 0 saturated carbocycles. The fourth-order valence-corrected chi connectivity index (χ4v) is 2.62. The summed E-state index contributed by atoms with van der Waals surface area (Å²) in [6.07, 6.45) is 1.15. The SMILES string of the molecule is CC1CCN(Cc2ccc(Cl)c(N)c2)C1CO. The van der Waals surface area contributed by atoms with Crippen LogP contribution in [0.25, 0.3) is 0 Å². The number of hydrogen-bond donors (Lipinski definition) is 2. The summed E-state index contributed by atoms with van der Waals surface area (Å²) in [6.45, 7) is 4.28. The molecule has 0 radical (unpaired) electrons. The molecule has 3 nitrogen and oxygen atoms in total. The summed E-state index contributed by atoms with van der Waals surface area (Å²) in [5, 5.41) is 10.00. The maximum absolute atomic E-state index is 9.40. The first-order chi connectivity index (χ1) is 8.11. The Balaban J connectivity index is 2.07. The molecule has 0 aliphatic carbocycles. The standard InChI is InChI=1S/C13H19ClN2O/c1-9-4-5-16(13(9)8-17)7-10-2-3-11(14)12(15)6-10/h2-3,6,9,13,17H,4-5,7-8,15H2,1H3. The van der Waals surface area contributed by atoms with Gasteiger partial charge in [-0.2, -0.15) is 0 Å². The predicted octanol–water partition coefficient (Wildman–Crippen LogP) is 2.12. The second-order valence-corrected chi connectivity index (χ2v) is 5.25. The summed E-state index contributed by atoms with van der Waals surface area (Å²) in [7, 11) is 0. The minimum Gasteiger partial charge on any atom is -0.398 e. The molecular formula is C13H19ClN2O. The number of halogens is 1. The summed E-state index contributed by atoms with van der Waals surface area (Å²) < 4.78 is 0. The Morgan fingerprint density at radius 1 is 1.53 bits per heavy atom. The van der Waals surface area contributed by atoms with Crippen LogP contribution >= 0.6 is 11.6 Å². The van der Waals surface area contributed by atoms with Crippen molar-refractivity contribution in [2.24, 2.45) is 5.92 Å². The molecule has 1 aromatic rings. The highest BCUT2D eigenvalue weighted by atomic mass is 35.5. The Morgan fingerprint density at radius 2 is 2.29 bits per heavy atom. The van der Waals surface area contributed by atoms with Crippen molar-refractivity contribution in [1.82, 2.24) is 4.90 Å². The van der Waals surface area contributed by atoms with E-state index in [4.69, 9.17) is 17.3 Å². The van der Waals surface area contributed by atoms with Crippen LogP contribution in [0.15, 0.2) is 18.2 Å². The highest BCUT2D eigenvalue weighted by Crippen LogP contribution is 2.27. The average molecular weight is 255 g/mol. The monoisotopic (exact) mass is 254 g/mol. The van der Waals surface area contributed by atoms with Crippen LogP contribution < -0.4 is 5.73 Å². The van der Waals surface area contributed by atoms with E-state index in [1.54, 1.807) is 0 Å². The van der Waals surface area contributed by atoms with Crippen molar-refractivity contribution in [1.29, 1.82) is 0 Å². The highest BCUT2D eigenvalue weighted by molar-refractivity contribution is 6.33. The lowest BCUT2D eigenvalue weighted by Gasteiger charge is -2.25. The average Bonchev–Trinajstić information content (AvgIpc) is 2.64. The fraction of sp³-hybridized carbons (Fsp3) is 0.538. The molecule has 0 spiro atoms. The summed E-state index contributed by atoms with van der Waals surface area (Å²) in [5.74, 6) is 0.560. The van der Waals surface area contributed by atoms with Crippen LogP contribution in [0.4, 0.5) is 5.69 Å². The Labute approximate surface area is 107 Å². The molecule has 1 heterocycles. The third-order valence-electron chi connectivity index (χ3n) is 3.63. The van der Waals surface area contributed by atoms with Crippen molar-refractivity contribution in [2.45, 2.75) is 25.9 Å². The van der Waals surface area contributed by atoms with E-state index in [1.165, 1.54) is 0 Å². The second kappa shape index (κ2) is 5.25. The van der Waals surface area contributed by atoms with Gasteiger partial charge in [0.1, 0.15) is 0 Å². The molecule has 2 unspecified atom stereocenters. The summed E-state index contributed by atoms with van der Waals surface area (Å²) in [5.41, 5.74) is 7.56. The van der Waals surface area contributed by atoms with Gasteiger partial charge < -0.3 is 10.8 Å². The zero-order valence-corrected chi connectivity index (χ0v) is 10.8. The van der Waals surface area contributed by atoms with E-state index in [1.807, 2.05) is 18.2 Å². The van der Waals surface area contributed by atoms with Crippen LogP contribution in [0.1, 0.15) is 18.9 Å². The normalized spacial score (nSPS) is 25.4. The molecule has 4 heteroatoms. The molecule has 17 heavy (non-hydrogen) atoms. The lowest BCUT2D eigenvalue weighted by molar-refractivity contribution is 0.134. The number of nitrogen functional groups attached to an aromatic ring is 1. The Bertz CT molecular complexity index is 397. The molecule has 0 bridgehead atoms. The molecular weight excluding hydrogens is 236 g/mol. The first-order valence-corrected chi connectivity index (χ1v) is 6.38. The maximum atomic E-state index is 9.40. The number of benzene rings is 1. The van der Waals surface area contributed by atoms with Gasteiger partial charge in [-0.1, -0.05) is 24.6 Å². The van der Waals surface area contributed by atoms with Crippen molar-refractivity contribution in [3.05, 3.63) is 28.8 Å². The minimum absolute atomic E-state index is 0.226. The van der Waals surface area contributed by atoms with E-state index in [-0.39, 0.29) is 12.6 Å². The molecule has 94 valence electrons. The second-order valence-electron chi connectivity index (χ2n) is 4.84. The van der Waals surface area contributed by atoms with Gasteiger partial charge in [0.15, 0.2) is 0 Å². The quantitative estimate of drug-likeness (QED) is 0.813.